The van der Waals surface area contributed by atoms with Crippen LogP contribution in [0.2, 0.25) is 0 Å². The van der Waals surface area contributed by atoms with E-state index < -0.39 is 42.1 Å². The van der Waals surface area contributed by atoms with Gasteiger partial charge in [0.05, 0.1) is 6.07 Å². The number of para-hydroxylation sites is 1. The Morgan fingerprint density at radius 2 is 1.71 bits per heavy atom. The minimum Gasteiger partial charge on any atom is -0.507 e. The van der Waals surface area contributed by atoms with Gasteiger partial charge in [0.2, 0.25) is 5.91 Å². The van der Waals surface area contributed by atoms with E-state index in [1.54, 1.807) is 52.0 Å². The molecule has 0 aliphatic heterocycles. The largest absolute Gasteiger partial charge is 0.507 e. The molecule has 0 fully saturated rings. The predicted molar refractivity (Wildman–Crippen MR) is 158 cm³/mol. The zero-order valence-corrected chi connectivity index (χ0v) is 24.4. The van der Waals surface area contributed by atoms with Gasteiger partial charge in [0.25, 0.3) is 5.91 Å². The first-order valence-corrected chi connectivity index (χ1v) is 13.6. The first-order chi connectivity index (χ1) is 19.3. The quantitative estimate of drug-likeness (QED) is 0.283. The highest BCUT2D eigenvalue weighted by Gasteiger charge is 2.38. The number of nitrogens with one attached hydrogen (secondary N) is 2. The molecule has 3 aromatic rings. The maximum Gasteiger partial charge on any atom is 0.408 e. The van der Waals surface area contributed by atoms with Crippen molar-refractivity contribution in [1.82, 2.24) is 10.2 Å². The Balaban J connectivity index is 2.05. The third-order valence-corrected chi connectivity index (χ3v) is 6.36. The van der Waals surface area contributed by atoms with Gasteiger partial charge in [0, 0.05) is 11.3 Å². The first kappa shape index (κ1) is 31.0. The van der Waals surface area contributed by atoms with Gasteiger partial charge in [-0.3, -0.25) is 9.59 Å². The normalized spacial score (nSPS) is 12.7. The third-order valence-electron chi connectivity index (χ3n) is 6.36. The molecule has 0 aliphatic carbocycles. The van der Waals surface area contributed by atoms with Gasteiger partial charge in [-0.25, -0.2) is 4.79 Å². The number of ether oxygens (including phenoxy) is 1. The number of aromatic hydroxyl groups is 1. The van der Waals surface area contributed by atoms with Crippen molar-refractivity contribution in [2.75, 3.05) is 11.9 Å². The van der Waals surface area contributed by atoms with Gasteiger partial charge in [-0.1, -0.05) is 62.4 Å². The highest BCUT2D eigenvalue weighted by Crippen LogP contribution is 2.33. The number of carbonyl (C=O) groups excluding carboxylic acids is 3. The summed E-state index contributed by atoms with van der Waals surface area (Å²) in [5.41, 5.74) is 0.353. The van der Waals surface area contributed by atoms with Crippen molar-refractivity contribution >= 4 is 34.4 Å². The van der Waals surface area contributed by atoms with E-state index >= 15 is 0 Å². The van der Waals surface area contributed by atoms with Gasteiger partial charge in [0.15, 0.2) is 0 Å². The van der Waals surface area contributed by atoms with Gasteiger partial charge < -0.3 is 25.4 Å². The number of phenols is 1. The number of hydrogen-bond acceptors (Lipinski definition) is 6. The number of phenolic OH excluding ortho intramolecular Hbond substituents is 1. The number of anilines is 1. The molecule has 0 saturated carbocycles. The standard InChI is InChI=1S/C32H38N4O5/c1-20(2)18-26(35-31(40)41-32(4,5)6)30(39)36(17-16-33)27(25-13-9-10-21(3)28(25)37)29(38)34-24-15-14-22-11-7-8-12-23(22)19-24/h7-15,19-20,26-27,37H,17-18H2,1-6H3,(H,34,38)(H,35,40). The van der Waals surface area contributed by atoms with Gasteiger partial charge in [-0.15, -0.1) is 0 Å². The van der Waals surface area contributed by atoms with E-state index in [1.807, 2.05) is 56.3 Å². The Morgan fingerprint density at radius 3 is 2.34 bits per heavy atom. The lowest BCUT2D eigenvalue weighted by molar-refractivity contribution is -0.140. The summed E-state index contributed by atoms with van der Waals surface area (Å²) in [7, 11) is 0. The lowest BCUT2D eigenvalue weighted by Gasteiger charge is -2.33. The molecule has 0 bridgehead atoms. The number of benzene rings is 3. The molecule has 0 spiro atoms. The number of carbonyl (C=O) groups is 3. The smallest absolute Gasteiger partial charge is 0.408 e. The van der Waals surface area contributed by atoms with Crippen LogP contribution < -0.4 is 10.6 Å². The van der Waals surface area contributed by atoms with Crippen LogP contribution in [-0.2, 0) is 14.3 Å². The summed E-state index contributed by atoms with van der Waals surface area (Å²) in [5.74, 6) is -1.45. The van der Waals surface area contributed by atoms with Crippen molar-refractivity contribution in [3.05, 3.63) is 71.8 Å². The van der Waals surface area contributed by atoms with E-state index in [4.69, 9.17) is 4.74 Å². The third kappa shape index (κ3) is 8.21. The maximum absolute atomic E-state index is 14.1. The number of rotatable bonds is 9. The van der Waals surface area contributed by atoms with E-state index in [-0.39, 0.29) is 23.7 Å². The number of amides is 3. The average molecular weight is 559 g/mol. The Kier molecular flexibility index (Phi) is 9.95. The van der Waals surface area contributed by atoms with E-state index in [9.17, 15) is 24.8 Å². The lowest BCUT2D eigenvalue weighted by atomic mass is 9.97. The SMILES string of the molecule is Cc1cccc(C(C(=O)Nc2ccc3ccccc3c2)N(CC#N)C(=O)C(CC(C)C)NC(=O)OC(C)(C)C)c1O. The molecule has 9 nitrogen and oxygen atoms in total. The lowest BCUT2D eigenvalue weighted by Crippen LogP contribution is -2.53. The Hall–Kier alpha value is -4.58. The zero-order chi connectivity index (χ0) is 30.3. The molecule has 9 heteroatoms. The Labute approximate surface area is 241 Å². The number of alkyl carbamates (subject to hydrolysis) is 1. The maximum atomic E-state index is 14.1. The monoisotopic (exact) mass is 558 g/mol. The topological polar surface area (TPSA) is 132 Å². The summed E-state index contributed by atoms with van der Waals surface area (Å²) in [6, 6.07) is 17.5. The summed E-state index contributed by atoms with van der Waals surface area (Å²) in [6.07, 6.45) is -0.553. The minimum atomic E-state index is -1.37. The molecule has 3 rings (SSSR count). The second-order valence-electron chi connectivity index (χ2n) is 11.4. The summed E-state index contributed by atoms with van der Waals surface area (Å²) < 4.78 is 5.38. The molecule has 0 aromatic heterocycles. The fourth-order valence-electron chi connectivity index (χ4n) is 4.55. The zero-order valence-electron chi connectivity index (χ0n) is 24.4. The second kappa shape index (κ2) is 13.2. The molecule has 0 saturated heterocycles. The van der Waals surface area contributed by atoms with Gasteiger partial charge >= 0.3 is 6.09 Å². The summed E-state index contributed by atoms with van der Waals surface area (Å²) in [6.45, 7) is 10.1. The molecule has 0 radical (unpaired) electrons. The van der Waals surface area contributed by atoms with Crippen molar-refractivity contribution < 1.29 is 24.2 Å². The van der Waals surface area contributed by atoms with Crippen LogP contribution in [0.3, 0.4) is 0 Å². The minimum absolute atomic E-state index is 0.0138. The molecule has 0 aliphatic rings. The van der Waals surface area contributed by atoms with Crippen LogP contribution in [-0.4, -0.2) is 46.1 Å². The van der Waals surface area contributed by atoms with Gasteiger partial charge in [-0.2, -0.15) is 5.26 Å². The molecular weight excluding hydrogens is 520 g/mol. The molecule has 216 valence electrons. The van der Waals surface area contributed by atoms with Crippen LogP contribution in [0, 0.1) is 24.2 Å². The van der Waals surface area contributed by atoms with E-state index in [0.29, 0.717) is 11.3 Å². The summed E-state index contributed by atoms with van der Waals surface area (Å²) in [5, 5.41) is 28.1. The average Bonchev–Trinajstić information content (AvgIpc) is 2.88. The number of fused-ring (bicyclic) bond motifs is 1. The van der Waals surface area contributed by atoms with Crippen molar-refractivity contribution in [2.24, 2.45) is 5.92 Å². The van der Waals surface area contributed by atoms with Crippen molar-refractivity contribution in [1.29, 1.82) is 5.26 Å². The fraction of sp³-hybridized carbons (Fsp3) is 0.375. The van der Waals surface area contributed by atoms with Crippen LogP contribution in [0.4, 0.5) is 10.5 Å². The number of nitriles is 1. The molecular formula is C32H38N4O5. The molecule has 3 aromatic carbocycles. The van der Waals surface area contributed by atoms with Crippen LogP contribution in [0.1, 0.15) is 58.2 Å². The van der Waals surface area contributed by atoms with Gasteiger partial charge in [0.1, 0.15) is 30.0 Å². The van der Waals surface area contributed by atoms with E-state index in [1.165, 1.54) is 0 Å². The highest BCUT2D eigenvalue weighted by molar-refractivity contribution is 6.00. The Morgan fingerprint density at radius 1 is 1.02 bits per heavy atom. The fourth-order valence-corrected chi connectivity index (χ4v) is 4.55. The number of hydrogen-bond donors (Lipinski definition) is 3. The molecule has 3 amide bonds. The molecule has 3 N–H and O–H groups in total. The molecule has 2 atom stereocenters. The predicted octanol–water partition coefficient (Wildman–Crippen LogP) is 5.83. The van der Waals surface area contributed by atoms with E-state index in [0.717, 1.165) is 15.7 Å². The number of aryl methyl sites for hydroxylation is 1. The van der Waals surface area contributed by atoms with Crippen molar-refractivity contribution in [2.45, 2.75) is 65.6 Å². The molecule has 0 heterocycles. The van der Waals surface area contributed by atoms with Crippen molar-refractivity contribution in [3.8, 4) is 11.8 Å². The first-order valence-electron chi connectivity index (χ1n) is 13.6. The van der Waals surface area contributed by atoms with Crippen LogP contribution in [0.5, 0.6) is 5.75 Å². The van der Waals surface area contributed by atoms with E-state index in [2.05, 4.69) is 10.6 Å². The van der Waals surface area contributed by atoms with Crippen LogP contribution in [0.25, 0.3) is 10.8 Å². The Bertz CT molecular complexity index is 1450. The summed E-state index contributed by atoms with van der Waals surface area (Å²) >= 11 is 0. The highest BCUT2D eigenvalue weighted by atomic mass is 16.6. The van der Waals surface area contributed by atoms with Gasteiger partial charge in [-0.05, 0) is 68.5 Å². The van der Waals surface area contributed by atoms with Crippen LogP contribution in [0.15, 0.2) is 60.7 Å². The second-order valence-corrected chi connectivity index (χ2v) is 11.4. The summed E-state index contributed by atoms with van der Waals surface area (Å²) in [4.78, 5) is 41.8. The molecule has 2 unspecified atom stereocenters. The van der Waals surface area contributed by atoms with Crippen molar-refractivity contribution in [3.63, 3.8) is 0 Å². The van der Waals surface area contributed by atoms with Crippen LogP contribution >= 0.6 is 0 Å². The molecule has 41 heavy (non-hydrogen) atoms. The number of nitrogens with zero attached hydrogens (tertiary/aromatic N) is 2.